The van der Waals surface area contributed by atoms with Gasteiger partial charge in [0.2, 0.25) is 0 Å². The molecular weight excluding hydrogens is 244 g/mol. The van der Waals surface area contributed by atoms with E-state index in [2.05, 4.69) is 10.3 Å². The van der Waals surface area contributed by atoms with Crippen molar-refractivity contribution in [3.8, 4) is 0 Å². The van der Waals surface area contributed by atoms with Crippen LogP contribution in [0.2, 0.25) is 0 Å². The summed E-state index contributed by atoms with van der Waals surface area (Å²) in [6.07, 6.45) is 4.74. The van der Waals surface area contributed by atoms with Crippen LogP contribution in [0.4, 0.5) is 0 Å². The van der Waals surface area contributed by atoms with Gasteiger partial charge in [0.05, 0.1) is 0 Å². The van der Waals surface area contributed by atoms with E-state index < -0.39 is 5.97 Å². The van der Waals surface area contributed by atoms with Gasteiger partial charge in [-0.3, -0.25) is 4.79 Å². The van der Waals surface area contributed by atoms with Gasteiger partial charge in [0, 0.05) is 6.04 Å². The van der Waals surface area contributed by atoms with Gasteiger partial charge in [0.15, 0.2) is 0 Å². The molecule has 2 bridgehead atoms. The number of pyridine rings is 1. The van der Waals surface area contributed by atoms with Crippen LogP contribution in [0.15, 0.2) is 18.2 Å². The van der Waals surface area contributed by atoms with Crippen molar-refractivity contribution in [3.05, 3.63) is 29.6 Å². The topological polar surface area (TPSA) is 79.3 Å². The number of rotatable bonds is 3. The summed E-state index contributed by atoms with van der Waals surface area (Å²) >= 11 is 0. The molecule has 0 saturated heterocycles. The maximum Gasteiger partial charge on any atom is 0.354 e. The fourth-order valence-electron chi connectivity index (χ4n) is 3.34. The SMILES string of the molecule is O=C(O)c1cccc(C(=O)NC2CC3CCC2C3)n1. The van der Waals surface area contributed by atoms with E-state index in [1.165, 1.54) is 25.3 Å². The summed E-state index contributed by atoms with van der Waals surface area (Å²) in [7, 11) is 0. The van der Waals surface area contributed by atoms with Gasteiger partial charge in [-0.25, -0.2) is 9.78 Å². The van der Waals surface area contributed by atoms with Gasteiger partial charge in [-0.2, -0.15) is 0 Å². The zero-order chi connectivity index (χ0) is 13.4. The van der Waals surface area contributed by atoms with E-state index in [4.69, 9.17) is 5.11 Å². The van der Waals surface area contributed by atoms with Crippen LogP contribution in [-0.4, -0.2) is 28.0 Å². The lowest BCUT2D eigenvalue weighted by Gasteiger charge is -2.22. The van der Waals surface area contributed by atoms with Crippen LogP contribution in [-0.2, 0) is 0 Å². The average Bonchev–Trinajstić information content (AvgIpc) is 3.01. The van der Waals surface area contributed by atoms with Crippen molar-refractivity contribution in [2.24, 2.45) is 11.8 Å². The second kappa shape index (κ2) is 4.64. The normalized spacial score (nSPS) is 28.3. The third-order valence-electron chi connectivity index (χ3n) is 4.26. The van der Waals surface area contributed by atoms with E-state index in [0.717, 1.165) is 12.3 Å². The quantitative estimate of drug-likeness (QED) is 0.867. The Morgan fingerprint density at radius 1 is 1.21 bits per heavy atom. The molecule has 0 radical (unpaired) electrons. The molecule has 100 valence electrons. The molecule has 5 heteroatoms. The van der Waals surface area contributed by atoms with Crippen molar-refractivity contribution in [2.45, 2.75) is 31.7 Å². The lowest BCUT2D eigenvalue weighted by molar-refractivity contribution is 0.0690. The Morgan fingerprint density at radius 2 is 2.00 bits per heavy atom. The van der Waals surface area contributed by atoms with Crippen molar-refractivity contribution in [1.82, 2.24) is 10.3 Å². The minimum absolute atomic E-state index is 0.0967. The van der Waals surface area contributed by atoms with E-state index >= 15 is 0 Å². The Morgan fingerprint density at radius 3 is 2.63 bits per heavy atom. The molecule has 2 fully saturated rings. The van der Waals surface area contributed by atoms with Gasteiger partial charge < -0.3 is 10.4 Å². The van der Waals surface area contributed by atoms with E-state index in [0.29, 0.717) is 5.92 Å². The zero-order valence-corrected chi connectivity index (χ0v) is 10.5. The monoisotopic (exact) mass is 260 g/mol. The molecule has 2 N–H and O–H groups in total. The molecular formula is C14H16N2O3. The maximum absolute atomic E-state index is 12.1. The highest BCUT2D eigenvalue weighted by Gasteiger charge is 2.40. The Bertz CT molecular complexity index is 529. The first-order chi connectivity index (χ1) is 9.13. The number of carbonyl (C=O) groups is 2. The zero-order valence-electron chi connectivity index (χ0n) is 10.5. The Hall–Kier alpha value is -1.91. The molecule has 2 saturated carbocycles. The maximum atomic E-state index is 12.1. The van der Waals surface area contributed by atoms with Crippen LogP contribution < -0.4 is 5.32 Å². The van der Waals surface area contributed by atoms with Gasteiger partial charge in [0.25, 0.3) is 5.91 Å². The lowest BCUT2D eigenvalue weighted by Crippen LogP contribution is -2.38. The number of carbonyl (C=O) groups excluding carboxylic acids is 1. The number of amides is 1. The molecule has 2 aliphatic carbocycles. The summed E-state index contributed by atoms with van der Waals surface area (Å²) < 4.78 is 0. The third kappa shape index (κ3) is 2.32. The first-order valence-corrected chi connectivity index (χ1v) is 6.64. The van der Waals surface area contributed by atoms with Gasteiger partial charge in [-0.15, -0.1) is 0 Å². The summed E-state index contributed by atoms with van der Waals surface area (Å²) in [5.41, 5.74) is 0.0864. The van der Waals surface area contributed by atoms with Gasteiger partial charge in [-0.05, 0) is 43.2 Å². The third-order valence-corrected chi connectivity index (χ3v) is 4.26. The number of fused-ring (bicyclic) bond motifs is 2. The van der Waals surface area contributed by atoms with Crippen LogP contribution >= 0.6 is 0 Å². The van der Waals surface area contributed by atoms with Crippen molar-refractivity contribution in [1.29, 1.82) is 0 Å². The van der Waals surface area contributed by atoms with Crippen molar-refractivity contribution < 1.29 is 14.7 Å². The molecule has 0 aromatic carbocycles. The molecule has 1 aromatic rings. The number of aromatic carboxylic acids is 1. The fraction of sp³-hybridized carbons (Fsp3) is 0.500. The van der Waals surface area contributed by atoms with Crippen molar-refractivity contribution >= 4 is 11.9 Å². The number of nitrogens with one attached hydrogen (secondary N) is 1. The van der Waals surface area contributed by atoms with E-state index in [9.17, 15) is 9.59 Å². The number of hydrogen-bond acceptors (Lipinski definition) is 3. The number of carboxylic acids is 1. The summed E-state index contributed by atoms with van der Waals surface area (Å²) in [5, 5.41) is 11.9. The highest BCUT2D eigenvalue weighted by Crippen LogP contribution is 2.44. The van der Waals surface area contributed by atoms with Crippen LogP contribution in [0.3, 0.4) is 0 Å². The average molecular weight is 260 g/mol. The molecule has 3 rings (SSSR count). The molecule has 2 aliphatic rings. The van der Waals surface area contributed by atoms with Crippen LogP contribution in [0.25, 0.3) is 0 Å². The Balaban J connectivity index is 1.70. The van der Waals surface area contributed by atoms with Gasteiger partial charge in [0.1, 0.15) is 11.4 Å². The summed E-state index contributed by atoms with van der Waals surface area (Å²) in [4.78, 5) is 26.8. The van der Waals surface area contributed by atoms with E-state index in [1.54, 1.807) is 12.1 Å². The first-order valence-electron chi connectivity index (χ1n) is 6.64. The van der Waals surface area contributed by atoms with Crippen LogP contribution in [0.5, 0.6) is 0 Å². The Kier molecular flexibility index (Phi) is 2.97. The number of nitrogens with zero attached hydrogens (tertiary/aromatic N) is 1. The molecule has 1 heterocycles. The second-order valence-corrected chi connectivity index (χ2v) is 5.47. The molecule has 1 aromatic heterocycles. The van der Waals surface area contributed by atoms with Crippen LogP contribution in [0.1, 0.15) is 46.7 Å². The molecule has 0 spiro atoms. The Labute approximate surface area is 111 Å². The molecule has 3 atom stereocenters. The minimum atomic E-state index is -1.12. The lowest BCUT2D eigenvalue weighted by atomic mass is 9.95. The highest BCUT2D eigenvalue weighted by molar-refractivity contribution is 5.94. The van der Waals surface area contributed by atoms with Crippen molar-refractivity contribution in [2.75, 3.05) is 0 Å². The van der Waals surface area contributed by atoms with E-state index in [1.807, 2.05) is 0 Å². The fourth-order valence-corrected chi connectivity index (χ4v) is 3.34. The van der Waals surface area contributed by atoms with E-state index in [-0.39, 0.29) is 23.3 Å². The number of aromatic nitrogens is 1. The summed E-state index contributed by atoms with van der Waals surface area (Å²) in [5.74, 6) is -0.0274. The molecule has 19 heavy (non-hydrogen) atoms. The predicted octanol–water partition coefficient (Wildman–Crippen LogP) is 1.70. The largest absolute Gasteiger partial charge is 0.477 e. The molecule has 1 amide bonds. The number of carboxylic acid groups (broad SMARTS) is 1. The summed E-state index contributed by atoms with van der Waals surface area (Å²) in [6, 6.07) is 4.72. The smallest absolute Gasteiger partial charge is 0.354 e. The number of hydrogen-bond donors (Lipinski definition) is 2. The molecule has 5 nitrogen and oxygen atoms in total. The second-order valence-electron chi connectivity index (χ2n) is 5.47. The summed E-state index contributed by atoms with van der Waals surface area (Å²) in [6.45, 7) is 0. The molecule has 0 aliphatic heterocycles. The predicted molar refractivity (Wildman–Crippen MR) is 67.9 cm³/mol. The van der Waals surface area contributed by atoms with Gasteiger partial charge >= 0.3 is 5.97 Å². The van der Waals surface area contributed by atoms with Crippen LogP contribution in [0, 0.1) is 11.8 Å². The van der Waals surface area contributed by atoms with Crippen molar-refractivity contribution in [3.63, 3.8) is 0 Å². The standard InChI is InChI=1S/C14H16N2O3/c17-13(10-2-1-3-11(15-10)14(18)19)16-12-7-8-4-5-9(12)6-8/h1-3,8-9,12H,4-7H2,(H,16,17)(H,18,19). The minimum Gasteiger partial charge on any atom is -0.477 e. The highest BCUT2D eigenvalue weighted by atomic mass is 16.4. The first kappa shape index (κ1) is 12.1. The molecule has 3 unspecified atom stereocenters. The van der Waals surface area contributed by atoms with Gasteiger partial charge in [-0.1, -0.05) is 12.5 Å².